The molecule has 2 aromatic carbocycles. The Labute approximate surface area is 174 Å². The van der Waals surface area contributed by atoms with Crippen molar-refractivity contribution in [2.75, 3.05) is 11.3 Å². The van der Waals surface area contributed by atoms with Gasteiger partial charge in [-0.2, -0.15) is 5.26 Å². The Balaban J connectivity index is 1.65. The predicted octanol–water partition coefficient (Wildman–Crippen LogP) is 3.64. The summed E-state index contributed by atoms with van der Waals surface area (Å²) in [5, 5.41) is 10.7. The minimum Gasteiger partial charge on any atom is -0.325 e. The van der Waals surface area contributed by atoms with Crippen LogP contribution in [-0.2, 0) is 27.8 Å². The molecule has 0 saturated heterocycles. The second-order valence-electron chi connectivity index (χ2n) is 6.30. The lowest BCUT2D eigenvalue weighted by Crippen LogP contribution is -2.32. The van der Waals surface area contributed by atoms with Gasteiger partial charge in [-0.15, -0.1) is 11.3 Å². The Morgan fingerprint density at radius 2 is 1.72 bits per heavy atom. The van der Waals surface area contributed by atoms with Crippen molar-refractivity contribution in [3.8, 4) is 6.07 Å². The number of hydrogen-bond donors (Lipinski definition) is 1. The molecule has 1 aromatic heterocycles. The molecule has 0 aliphatic carbocycles. The van der Waals surface area contributed by atoms with Gasteiger partial charge in [-0.25, -0.2) is 8.42 Å². The SMILES string of the molecule is N#CCN(Cc1ccccc1)C(=O)Cc1ccc(NS(=O)(=O)c2cccs2)cc1. The third kappa shape index (κ3) is 5.67. The third-order valence-electron chi connectivity index (χ3n) is 4.15. The van der Waals surface area contributed by atoms with Gasteiger partial charge in [-0.1, -0.05) is 48.5 Å². The van der Waals surface area contributed by atoms with Crippen molar-refractivity contribution in [2.45, 2.75) is 17.2 Å². The summed E-state index contributed by atoms with van der Waals surface area (Å²) in [7, 11) is -3.60. The maximum atomic E-state index is 12.6. The first-order valence-electron chi connectivity index (χ1n) is 8.82. The fourth-order valence-corrected chi connectivity index (χ4v) is 4.77. The maximum Gasteiger partial charge on any atom is 0.271 e. The molecule has 1 N–H and O–H groups in total. The van der Waals surface area contributed by atoms with Crippen molar-refractivity contribution in [1.29, 1.82) is 5.26 Å². The lowest BCUT2D eigenvalue weighted by molar-refractivity contribution is -0.130. The standard InChI is InChI=1S/C21H19N3O3S2/c22-12-13-24(16-18-5-2-1-3-6-18)20(25)15-17-8-10-19(11-9-17)23-29(26,27)21-7-4-14-28-21/h1-11,14,23H,13,15-16H2. The highest BCUT2D eigenvalue weighted by atomic mass is 32.2. The molecular formula is C21H19N3O3S2. The number of hydrogen-bond acceptors (Lipinski definition) is 5. The van der Waals surface area contributed by atoms with E-state index in [-0.39, 0.29) is 23.1 Å². The second kappa shape index (κ2) is 9.37. The van der Waals surface area contributed by atoms with Crippen molar-refractivity contribution in [3.63, 3.8) is 0 Å². The van der Waals surface area contributed by atoms with Crippen LogP contribution >= 0.6 is 11.3 Å². The Bertz CT molecular complexity index is 1090. The van der Waals surface area contributed by atoms with Crippen LogP contribution in [0.3, 0.4) is 0 Å². The number of thiophene rings is 1. The largest absolute Gasteiger partial charge is 0.325 e. The summed E-state index contributed by atoms with van der Waals surface area (Å²) >= 11 is 1.14. The Morgan fingerprint density at radius 3 is 2.34 bits per heavy atom. The number of rotatable bonds is 8. The highest BCUT2D eigenvalue weighted by Crippen LogP contribution is 2.20. The molecule has 0 aliphatic rings. The van der Waals surface area contributed by atoms with Crippen LogP contribution in [0.5, 0.6) is 0 Å². The number of amides is 1. The van der Waals surface area contributed by atoms with Crippen LogP contribution in [0.25, 0.3) is 0 Å². The average molecular weight is 426 g/mol. The quantitative estimate of drug-likeness (QED) is 0.558. The first-order valence-corrected chi connectivity index (χ1v) is 11.2. The lowest BCUT2D eigenvalue weighted by atomic mass is 10.1. The zero-order valence-electron chi connectivity index (χ0n) is 15.5. The molecule has 0 aliphatic heterocycles. The van der Waals surface area contributed by atoms with Crippen molar-refractivity contribution in [1.82, 2.24) is 4.90 Å². The first-order chi connectivity index (χ1) is 14.0. The normalized spacial score (nSPS) is 10.9. The van der Waals surface area contributed by atoms with Crippen LogP contribution < -0.4 is 4.72 Å². The zero-order valence-corrected chi connectivity index (χ0v) is 17.1. The van der Waals surface area contributed by atoms with Gasteiger partial charge >= 0.3 is 0 Å². The van der Waals surface area contributed by atoms with Crippen LogP contribution in [0.15, 0.2) is 76.3 Å². The Morgan fingerprint density at radius 1 is 1.00 bits per heavy atom. The number of carbonyl (C=O) groups is 1. The van der Waals surface area contributed by atoms with Gasteiger partial charge in [0.15, 0.2) is 0 Å². The van der Waals surface area contributed by atoms with Gasteiger partial charge in [0, 0.05) is 12.2 Å². The van der Waals surface area contributed by atoms with E-state index in [1.807, 2.05) is 36.4 Å². The number of carbonyl (C=O) groups excluding carboxylic acids is 1. The molecule has 0 fully saturated rings. The Kier molecular flexibility index (Phi) is 6.65. The molecule has 1 amide bonds. The molecular weight excluding hydrogens is 406 g/mol. The topological polar surface area (TPSA) is 90.3 Å². The molecule has 0 unspecified atom stereocenters. The molecule has 0 saturated carbocycles. The van der Waals surface area contributed by atoms with E-state index >= 15 is 0 Å². The second-order valence-corrected chi connectivity index (χ2v) is 9.16. The van der Waals surface area contributed by atoms with E-state index in [0.717, 1.165) is 22.5 Å². The molecule has 0 bridgehead atoms. The van der Waals surface area contributed by atoms with Gasteiger partial charge in [0.25, 0.3) is 10.0 Å². The van der Waals surface area contributed by atoms with Crippen LogP contribution in [-0.4, -0.2) is 25.8 Å². The summed E-state index contributed by atoms with van der Waals surface area (Å²) in [6.07, 6.45) is 0.131. The smallest absolute Gasteiger partial charge is 0.271 e. The van der Waals surface area contributed by atoms with Gasteiger partial charge in [0.1, 0.15) is 10.8 Å². The monoisotopic (exact) mass is 425 g/mol. The van der Waals surface area contributed by atoms with Crippen LogP contribution in [0.2, 0.25) is 0 Å². The summed E-state index contributed by atoms with van der Waals surface area (Å²) in [4.78, 5) is 14.1. The average Bonchev–Trinajstić information content (AvgIpc) is 3.26. The fraction of sp³-hybridized carbons (Fsp3) is 0.143. The fourth-order valence-electron chi connectivity index (χ4n) is 2.72. The maximum absolute atomic E-state index is 12.6. The van der Waals surface area contributed by atoms with Gasteiger partial charge in [0.2, 0.25) is 5.91 Å². The molecule has 1 heterocycles. The van der Waals surface area contributed by atoms with Gasteiger partial charge < -0.3 is 4.90 Å². The highest BCUT2D eigenvalue weighted by molar-refractivity contribution is 7.94. The summed E-state index contributed by atoms with van der Waals surface area (Å²) in [6, 6.07) is 21.4. The Hall–Kier alpha value is -3.15. The summed E-state index contributed by atoms with van der Waals surface area (Å²) in [5.41, 5.74) is 2.12. The summed E-state index contributed by atoms with van der Waals surface area (Å²) in [6.45, 7) is 0.373. The van der Waals surface area contributed by atoms with Crippen molar-refractivity contribution in [3.05, 3.63) is 83.2 Å². The number of nitrogens with zero attached hydrogens (tertiary/aromatic N) is 2. The molecule has 6 nitrogen and oxygen atoms in total. The van der Waals surface area contributed by atoms with Crippen molar-refractivity contribution < 1.29 is 13.2 Å². The van der Waals surface area contributed by atoms with Crippen LogP contribution in [0, 0.1) is 11.3 Å². The number of nitriles is 1. The van der Waals surface area contributed by atoms with Crippen molar-refractivity contribution >= 4 is 33.0 Å². The van der Waals surface area contributed by atoms with Gasteiger partial charge in [-0.05, 0) is 34.7 Å². The number of benzene rings is 2. The van der Waals surface area contributed by atoms with E-state index in [1.54, 1.807) is 35.7 Å². The molecule has 29 heavy (non-hydrogen) atoms. The molecule has 0 spiro atoms. The van der Waals surface area contributed by atoms with Crippen LogP contribution in [0.1, 0.15) is 11.1 Å². The van der Waals surface area contributed by atoms with E-state index in [0.29, 0.717) is 12.2 Å². The van der Waals surface area contributed by atoms with E-state index in [9.17, 15) is 13.2 Å². The summed E-state index contributed by atoms with van der Waals surface area (Å²) < 4.78 is 27.3. The number of sulfonamides is 1. The molecule has 8 heteroatoms. The summed E-state index contributed by atoms with van der Waals surface area (Å²) in [5.74, 6) is -0.165. The van der Waals surface area contributed by atoms with Gasteiger partial charge in [-0.3, -0.25) is 9.52 Å². The van der Waals surface area contributed by atoms with E-state index < -0.39 is 10.0 Å². The van der Waals surface area contributed by atoms with Gasteiger partial charge in [0.05, 0.1) is 12.5 Å². The highest BCUT2D eigenvalue weighted by Gasteiger charge is 2.16. The van der Waals surface area contributed by atoms with E-state index in [2.05, 4.69) is 4.72 Å². The molecule has 0 radical (unpaired) electrons. The first kappa shape index (κ1) is 20.6. The van der Waals surface area contributed by atoms with E-state index in [4.69, 9.17) is 5.26 Å². The predicted molar refractivity (Wildman–Crippen MR) is 113 cm³/mol. The van der Waals surface area contributed by atoms with Crippen LogP contribution in [0.4, 0.5) is 5.69 Å². The molecule has 3 rings (SSSR count). The van der Waals surface area contributed by atoms with E-state index in [1.165, 1.54) is 11.0 Å². The molecule has 0 atom stereocenters. The zero-order chi connectivity index (χ0) is 20.7. The lowest BCUT2D eigenvalue weighted by Gasteiger charge is -2.20. The minimum absolute atomic E-state index is 0.00637. The minimum atomic E-state index is -3.60. The third-order valence-corrected chi connectivity index (χ3v) is 6.93. The molecule has 3 aromatic rings. The number of nitrogens with one attached hydrogen (secondary N) is 1. The number of anilines is 1. The molecule has 148 valence electrons. The van der Waals surface area contributed by atoms with Crippen molar-refractivity contribution in [2.24, 2.45) is 0 Å².